The topological polar surface area (TPSA) is 75.1 Å². The summed E-state index contributed by atoms with van der Waals surface area (Å²) in [5.41, 5.74) is 1.10. The molecule has 96 valence electrons. The van der Waals surface area contributed by atoms with Crippen LogP contribution in [0.1, 0.15) is 20.9 Å². The van der Waals surface area contributed by atoms with E-state index in [-0.39, 0.29) is 18.2 Å². The lowest BCUT2D eigenvalue weighted by Crippen LogP contribution is -2.23. The highest BCUT2D eigenvalue weighted by Gasteiger charge is 2.08. The van der Waals surface area contributed by atoms with Gasteiger partial charge in [0, 0.05) is 22.8 Å². The Morgan fingerprint density at radius 1 is 1.47 bits per heavy atom. The van der Waals surface area contributed by atoms with Crippen molar-refractivity contribution in [3.63, 3.8) is 0 Å². The zero-order valence-corrected chi connectivity index (χ0v) is 10.8. The van der Waals surface area contributed by atoms with Gasteiger partial charge in [0.25, 0.3) is 5.91 Å². The molecule has 0 bridgehead atoms. The minimum absolute atomic E-state index is 0.179. The Kier molecular flexibility index (Phi) is 4.61. The summed E-state index contributed by atoms with van der Waals surface area (Å²) in [4.78, 5) is 20.5. The summed E-state index contributed by atoms with van der Waals surface area (Å²) in [5, 5.41) is 13.3. The van der Waals surface area contributed by atoms with E-state index < -0.39 is 0 Å². The summed E-state index contributed by atoms with van der Waals surface area (Å²) in [7, 11) is 0. The lowest BCUT2D eigenvalue weighted by molar-refractivity contribution is 0.0946. The van der Waals surface area contributed by atoms with Gasteiger partial charge in [-0.3, -0.25) is 9.78 Å². The van der Waals surface area contributed by atoms with E-state index in [4.69, 9.17) is 5.11 Å². The van der Waals surface area contributed by atoms with Crippen molar-refractivity contribution in [3.8, 4) is 11.8 Å². The number of thiophene rings is 1. The molecule has 0 radical (unpaired) electrons. The van der Waals surface area contributed by atoms with Crippen LogP contribution in [-0.4, -0.2) is 27.6 Å². The van der Waals surface area contributed by atoms with Gasteiger partial charge in [-0.2, -0.15) is 0 Å². The zero-order valence-electron chi connectivity index (χ0n) is 9.96. The number of carbonyl (C=O) groups is 1. The predicted molar refractivity (Wildman–Crippen MR) is 71.5 cm³/mol. The molecule has 0 spiro atoms. The minimum Gasteiger partial charge on any atom is -0.384 e. The Labute approximate surface area is 114 Å². The number of hydrogen-bond acceptors (Lipinski definition) is 5. The second-order valence-corrected chi connectivity index (χ2v) is 4.49. The Morgan fingerprint density at radius 3 is 3.11 bits per heavy atom. The number of hydrogen-bond donors (Lipinski definition) is 2. The van der Waals surface area contributed by atoms with Gasteiger partial charge in [0.15, 0.2) is 0 Å². The summed E-state index contributed by atoms with van der Waals surface area (Å²) >= 11 is 1.50. The molecule has 0 aromatic carbocycles. The van der Waals surface area contributed by atoms with Crippen molar-refractivity contribution in [1.29, 1.82) is 0 Å². The Balaban J connectivity index is 2.00. The monoisotopic (exact) mass is 273 g/mol. The number of nitrogens with one attached hydrogen (secondary N) is 1. The molecule has 19 heavy (non-hydrogen) atoms. The van der Waals surface area contributed by atoms with Crippen molar-refractivity contribution in [2.24, 2.45) is 0 Å². The molecule has 0 saturated carbocycles. The SMILES string of the molecule is O=C(NCc1sccc1C#CCO)c1cnccn1. The van der Waals surface area contributed by atoms with Gasteiger partial charge in [-0.15, -0.1) is 11.3 Å². The fourth-order valence-electron chi connectivity index (χ4n) is 1.39. The summed E-state index contributed by atoms with van der Waals surface area (Å²) in [6, 6.07) is 1.86. The molecule has 2 aromatic rings. The molecule has 2 aromatic heterocycles. The molecule has 5 nitrogen and oxygen atoms in total. The number of aromatic nitrogens is 2. The first-order chi connectivity index (χ1) is 9.31. The van der Waals surface area contributed by atoms with E-state index in [1.165, 1.54) is 29.9 Å². The van der Waals surface area contributed by atoms with Crippen LogP contribution in [0, 0.1) is 11.8 Å². The number of nitrogens with zero attached hydrogens (tertiary/aromatic N) is 2. The van der Waals surface area contributed by atoms with Crippen LogP contribution in [-0.2, 0) is 6.54 Å². The number of aliphatic hydroxyl groups excluding tert-OH is 1. The molecular formula is C13H11N3O2S. The third-order valence-electron chi connectivity index (χ3n) is 2.25. The lowest BCUT2D eigenvalue weighted by Gasteiger charge is -2.03. The molecule has 2 rings (SSSR count). The van der Waals surface area contributed by atoms with E-state index in [1.807, 2.05) is 11.4 Å². The van der Waals surface area contributed by atoms with Gasteiger partial charge in [-0.1, -0.05) is 11.8 Å². The van der Waals surface area contributed by atoms with Crippen molar-refractivity contribution in [2.45, 2.75) is 6.54 Å². The molecule has 0 aliphatic carbocycles. The molecule has 1 amide bonds. The van der Waals surface area contributed by atoms with Crippen LogP contribution in [0.5, 0.6) is 0 Å². The second-order valence-electron chi connectivity index (χ2n) is 3.49. The molecule has 0 unspecified atom stereocenters. The van der Waals surface area contributed by atoms with Crippen LogP contribution in [0.2, 0.25) is 0 Å². The van der Waals surface area contributed by atoms with Crippen LogP contribution >= 0.6 is 11.3 Å². The predicted octanol–water partition coefficient (Wildman–Crippen LogP) is 0.812. The first-order valence-corrected chi connectivity index (χ1v) is 6.39. The normalized spacial score (nSPS) is 9.53. The van der Waals surface area contributed by atoms with Crippen molar-refractivity contribution in [3.05, 3.63) is 46.2 Å². The summed E-state index contributed by atoms with van der Waals surface area (Å²) < 4.78 is 0. The first kappa shape index (κ1) is 13.2. The third kappa shape index (κ3) is 3.61. The highest BCUT2D eigenvalue weighted by Crippen LogP contribution is 2.15. The average Bonchev–Trinajstić information content (AvgIpc) is 2.91. The van der Waals surface area contributed by atoms with Gasteiger partial charge in [0.1, 0.15) is 12.3 Å². The van der Waals surface area contributed by atoms with Crippen LogP contribution in [0.25, 0.3) is 0 Å². The number of aliphatic hydroxyl groups is 1. The van der Waals surface area contributed by atoms with E-state index in [9.17, 15) is 4.79 Å². The molecule has 2 N–H and O–H groups in total. The molecule has 2 heterocycles. The lowest BCUT2D eigenvalue weighted by atomic mass is 10.2. The van der Waals surface area contributed by atoms with Crippen LogP contribution in [0.15, 0.2) is 30.0 Å². The minimum atomic E-state index is -0.275. The summed E-state index contributed by atoms with van der Waals surface area (Å²) in [5.74, 6) is 5.15. The van der Waals surface area contributed by atoms with Crippen LogP contribution in [0.4, 0.5) is 0 Å². The fraction of sp³-hybridized carbons (Fsp3) is 0.154. The van der Waals surface area contributed by atoms with Gasteiger partial charge in [-0.05, 0) is 11.4 Å². The molecule has 0 aliphatic rings. The molecule has 0 saturated heterocycles. The smallest absolute Gasteiger partial charge is 0.271 e. The van der Waals surface area contributed by atoms with E-state index >= 15 is 0 Å². The molecule has 0 atom stereocenters. The second kappa shape index (κ2) is 6.64. The van der Waals surface area contributed by atoms with Gasteiger partial charge in [0.05, 0.1) is 12.7 Å². The Bertz CT molecular complexity index is 614. The average molecular weight is 273 g/mol. The summed E-state index contributed by atoms with van der Waals surface area (Å²) in [6.07, 6.45) is 4.40. The van der Waals surface area contributed by atoms with E-state index in [2.05, 4.69) is 27.1 Å². The fourth-order valence-corrected chi connectivity index (χ4v) is 2.16. The van der Waals surface area contributed by atoms with E-state index in [0.29, 0.717) is 6.54 Å². The van der Waals surface area contributed by atoms with Gasteiger partial charge >= 0.3 is 0 Å². The number of rotatable bonds is 3. The molecular weight excluding hydrogens is 262 g/mol. The third-order valence-corrected chi connectivity index (χ3v) is 3.17. The quantitative estimate of drug-likeness (QED) is 0.812. The highest BCUT2D eigenvalue weighted by molar-refractivity contribution is 7.10. The van der Waals surface area contributed by atoms with Crippen molar-refractivity contribution in [2.75, 3.05) is 6.61 Å². The maximum Gasteiger partial charge on any atom is 0.271 e. The zero-order chi connectivity index (χ0) is 13.5. The maximum absolute atomic E-state index is 11.8. The van der Waals surface area contributed by atoms with E-state index in [0.717, 1.165) is 10.4 Å². The number of carbonyl (C=O) groups excluding carboxylic acids is 1. The van der Waals surface area contributed by atoms with Gasteiger partial charge < -0.3 is 10.4 Å². The van der Waals surface area contributed by atoms with Crippen LogP contribution in [0.3, 0.4) is 0 Å². The van der Waals surface area contributed by atoms with Gasteiger partial charge in [0.2, 0.25) is 0 Å². The molecule has 0 fully saturated rings. The van der Waals surface area contributed by atoms with Crippen molar-refractivity contribution in [1.82, 2.24) is 15.3 Å². The van der Waals surface area contributed by atoms with E-state index in [1.54, 1.807) is 0 Å². The van der Waals surface area contributed by atoms with Crippen molar-refractivity contribution >= 4 is 17.2 Å². The first-order valence-electron chi connectivity index (χ1n) is 5.51. The molecule has 0 aliphatic heterocycles. The molecule has 6 heteroatoms. The van der Waals surface area contributed by atoms with Gasteiger partial charge in [-0.25, -0.2) is 4.98 Å². The highest BCUT2D eigenvalue weighted by atomic mass is 32.1. The Morgan fingerprint density at radius 2 is 2.37 bits per heavy atom. The Hall–Kier alpha value is -2.23. The van der Waals surface area contributed by atoms with Crippen LogP contribution < -0.4 is 5.32 Å². The number of amides is 1. The van der Waals surface area contributed by atoms with Crippen molar-refractivity contribution < 1.29 is 9.90 Å². The summed E-state index contributed by atoms with van der Waals surface area (Å²) in [6.45, 7) is 0.198. The standard InChI is InChI=1S/C13H11N3O2S/c17-6-1-2-10-3-7-19-12(10)9-16-13(18)11-8-14-4-5-15-11/h3-5,7-8,17H,6,9H2,(H,16,18). The maximum atomic E-state index is 11.8. The largest absolute Gasteiger partial charge is 0.384 e.